The molecule has 1 aliphatic carbocycles. The van der Waals surface area contributed by atoms with Gasteiger partial charge in [-0.15, -0.1) is 11.3 Å². The van der Waals surface area contributed by atoms with Gasteiger partial charge in [-0.25, -0.2) is 4.39 Å². The highest BCUT2D eigenvalue weighted by Gasteiger charge is 2.27. The highest BCUT2D eigenvalue weighted by molar-refractivity contribution is 7.13. The molecule has 4 nitrogen and oxygen atoms in total. The van der Waals surface area contributed by atoms with Gasteiger partial charge in [0, 0.05) is 21.7 Å². The fourth-order valence-corrected chi connectivity index (χ4v) is 5.80. The largest absolute Gasteiger partial charge is 0.481 e. The third-order valence-electron chi connectivity index (χ3n) is 5.79. The molecule has 0 aliphatic heterocycles. The monoisotopic (exact) mass is 446 g/mol. The van der Waals surface area contributed by atoms with Crippen molar-refractivity contribution in [1.82, 2.24) is 0 Å². The van der Waals surface area contributed by atoms with Crippen molar-refractivity contribution < 1.29 is 24.5 Å². The van der Waals surface area contributed by atoms with Crippen molar-refractivity contribution in [2.24, 2.45) is 0 Å². The number of rotatable bonds is 9. The van der Waals surface area contributed by atoms with Crippen LogP contribution in [0.1, 0.15) is 79.5 Å². The summed E-state index contributed by atoms with van der Waals surface area (Å²) in [5.41, 5.74) is 3.10. The summed E-state index contributed by atoms with van der Waals surface area (Å²) >= 11 is 1.81. The average molecular weight is 447 g/mol. The van der Waals surface area contributed by atoms with Crippen molar-refractivity contribution in [1.29, 1.82) is 0 Å². The standard InChI is InChI=1S/C25H31FO4S/c1-15(2)24-21(12-11-19(27)13-20(28)14-22(29)30)23(16-7-9-18(26)10-8-16)25(31-24)17-5-3-4-6-17/h7-12,15,17,19-20,27-28H,3-6,13-14H2,1-2H3,(H,29,30)/b12-11+/t19-,20-/m1/s1. The van der Waals surface area contributed by atoms with Gasteiger partial charge in [0.1, 0.15) is 5.82 Å². The maximum atomic E-state index is 13.6. The minimum Gasteiger partial charge on any atom is -0.481 e. The number of aliphatic carboxylic acids is 1. The minimum absolute atomic E-state index is 0.0364. The normalized spacial score (nSPS) is 17.0. The lowest BCUT2D eigenvalue weighted by Gasteiger charge is -2.13. The van der Waals surface area contributed by atoms with Crippen LogP contribution in [0.3, 0.4) is 0 Å². The van der Waals surface area contributed by atoms with E-state index in [1.165, 1.54) is 34.7 Å². The zero-order valence-electron chi connectivity index (χ0n) is 18.1. The lowest BCUT2D eigenvalue weighted by Crippen LogP contribution is -2.19. The van der Waals surface area contributed by atoms with Crippen LogP contribution in [0, 0.1) is 5.82 Å². The second-order valence-corrected chi connectivity index (χ2v) is 9.76. The van der Waals surface area contributed by atoms with Crippen LogP contribution in [0.2, 0.25) is 0 Å². The van der Waals surface area contributed by atoms with Crippen LogP contribution in [-0.2, 0) is 4.79 Å². The molecule has 1 fully saturated rings. The number of carboxylic acids is 1. The lowest BCUT2D eigenvalue weighted by atomic mass is 9.91. The van der Waals surface area contributed by atoms with Crippen molar-refractivity contribution in [3.63, 3.8) is 0 Å². The summed E-state index contributed by atoms with van der Waals surface area (Å²) in [6.07, 6.45) is 5.77. The molecule has 0 unspecified atom stereocenters. The Labute approximate surface area is 187 Å². The molecule has 0 radical (unpaired) electrons. The van der Waals surface area contributed by atoms with E-state index in [0.29, 0.717) is 5.92 Å². The molecular weight excluding hydrogens is 415 g/mol. The zero-order chi connectivity index (χ0) is 22.5. The molecule has 0 spiro atoms. The molecule has 1 aromatic carbocycles. The second kappa shape index (κ2) is 10.5. The first-order chi connectivity index (χ1) is 14.8. The Kier molecular flexibility index (Phi) is 8.03. The molecule has 168 valence electrons. The fraction of sp³-hybridized carbons (Fsp3) is 0.480. The number of hydrogen-bond donors (Lipinski definition) is 3. The lowest BCUT2D eigenvalue weighted by molar-refractivity contribution is -0.139. The molecule has 6 heteroatoms. The van der Waals surface area contributed by atoms with E-state index < -0.39 is 24.6 Å². The van der Waals surface area contributed by atoms with Crippen LogP contribution in [-0.4, -0.2) is 33.5 Å². The summed E-state index contributed by atoms with van der Waals surface area (Å²) < 4.78 is 13.6. The number of carboxylic acid groups (broad SMARTS) is 1. The van der Waals surface area contributed by atoms with E-state index in [-0.39, 0.29) is 18.2 Å². The maximum Gasteiger partial charge on any atom is 0.305 e. The Bertz CT molecular complexity index is 910. The van der Waals surface area contributed by atoms with Crippen LogP contribution in [0.15, 0.2) is 30.3 Å². The molecule has 3 rings (SSSR count). The quantitative estimate of drug-likeness (QED) is 0.446. The fourth-order valence-electron chi connectivity index (χ4n) is 4.31. The summed E-state index contributed by atoms with van der Waals surface area (Å²) in [6.45, 7) is 4.28. The van der Waals surface area contributed by atoms with Gasteiger partial charge in [-0.1, -0.05) is 51.0 Å². The minimum atomic E-state index is -1.10. The number of aliphatic hydroxyl groups excluding tert-OH is 2. The SMILES string of the molecule is CC(C)c1sc(C2CCCC2)c(-c2ccc(F)cc2)c1/C=C/[C@@H](O)C[C@@H](O)CC(=O)O. The van der Waals surface area contributed by atoms with Crippen LogP contribution < -0.4 is 0 Å². The van der Waals surface area contributed by atoms with Crippen LogP contribution in [0.4, 0.5) is 4.39 Å². The Morgan fingerprint density at radius 1 is 1.19 bits per heavy atom. The van der Waals surface area contributed by atoms with E-state index in [2.05, 4.69) is 13.8 Å². The summed E-state index contributed by atoms with van der Waals surface area (Å²) in [5, 5.41) is 29.0. The molecule has 0 saturated heterocycles. The molecule has 1 saturated carbocycles. The zero-order valence-corrected chi connectivity index (χ0v) is 18.9. The van der Waals surface area contributed by atoms with E-state index in [1.54, 1.807) is 6.08 Å². The predicted octanol–water partition coefficient (Wildman–Crippen LogP) is 5.94. The summed E-state index contributed by atoms with van der Waals surface area (Å²) in [4.78, 5) is 13.3. The van der Waals surface area contributed by atoms with E-state index >= 15 is 0 Å². The molecule has 31 heavy (non-hydrogen) atoms. The molecule has 2 atom stereocenters. The summed E-state index contributed by atoms with van der Waals surface area (Å²) in [5.74, 6) is -0.588. The summed E-state index contributed by atoms with van der Waals surface area (Å²) in [6, 6.07) is 6.57. The van der Waals surface area contributed by atoms with E-state index in [4.69, 9.17) is 5.11 Å². The van der Waals surface area contributed by atoms with Crippen LogP contribution >= 0.6 is 11.3 Å². The smallest absolute Gasteiger partial charge is 0.305 e. The number of hydrogen-bond acceptors (Lipinski definition) is 4. The van der Waals surface area contributed by atoms with Gasteiger partial charge in [0.15, 0.2) is 0 Å². The summed E-state index contributed by atoms with van der Waals surface area (Å²) in [7, 11) is 0. The van der Waals surface area contributed by atoms with Gasteiger partial charge in [-0.2, -0.15) is 0 Å². The number of thiophene rings is 1. The van der Waals surface area contributed by atoms with Gasteiger partial charge in [-0.3, -0.25) is 4.79 Å². The number of halogens is 1. The third-order valence-corrected chi connectivity index (χ3v) is 7.46. The third kappa shape index (κ3) is 6.03. The topological polar surface area (TPSA) is 77.8 Å². The number of aliphatic hydroxyl groups is 2. The average Bonchev–Trinajstić information content (AvgIpc) is 3.34. The van der Waals surface area contributed by atoms with E-state index in [9.17, 15) is 19.4 Å². The van der Waals surface area contributed by atoms with Gasteiger partial charge in [0.25, 0.3) is 0 Å². The van der Waals surface area contributed by atoms with Gasteiger partial charge >= 0.3 is 5.97 Å². The van der Waals surface area contributed by atoms with Crippen molar-refractivity contribution in [2.75, 3.05) is 0 Å². The van der Waals surface area contributed by atoms with Crippen molar-refractivity contribution >= 4 is 23.4 Å². The molecule has 0 amide bonds. The van der Waals surface area contributed by atoms with Gasteiger partial charge in [0.05, 0.1) is 18.6 Å². The molecule has 1 heterocycles. The number of benzene rings is 1. The predicted molar refractivity (Wildman–Crippen MR) is 123 cm³/mol. The van der Waals surface area contributed by atoms with E-state index in [0.717, 1.165) is 29.5 Å². The van der Waals surface area contributed by atoms with Gasteiger partial charge < -0.3 is 15.3 Å². The molecule has 2 aromatic rings. The molecule has 0 bridgehead atoms. The first-order valence-electron chi connectivity index (χ1n) is 10.9. The van der Waals surface area contributed by atoms with E-state index in [1.807, 2.05) is 29.5 Å². The van der Waals surface area contributed by atoms with Gasteiger partial charge in [-0.05, 0) is 47.9 Å². The number of carbonyl (C=O) groups is 1. The molecule has 1 aromatic heterocycles. The molecule has 1 aliphatic rings. The van der Waals surface area contributed by atoms with Gasteiger partial charge in [0.2, 0.25) is 0 Å². The second-order valence-electron chi connectivity index (χ2n) is 8.68. The molecular formula is C25H31FO4S. The first kappa shape index (κ1) is 23.6. The Morgan fingerprint density at radius 3 is 2.42 bits per heavy atom. The Morgan fingerprint density at radius 2 is 1.84 bits per heavy atom. The van der Waals surface area contributed by atoms with Crippen molar-refractivity contribution in [2.45, 2.75) is 76.4 Å². The Hall–Kier alpha value is -2.02. The maximum absolute atomic E-state index is 13.6. The highest BCUT2D eigenvalue weighted by Crippen LogP contribution is 2.48. The van der Waals surface area contributed by atoms with Crippen LogP contribution in [0.5, 0.6) is 0 Å². The van der Waals surface area contributed by atoms with Crippen molar-refractivity contribution in [3.05, 3.63) is 51.5 Å². The molecule has 3 N–H and O–H groups in total. The van der Waals surface area contributed by atoms with Crippen LogP contribution in [0.25, 0.3) is 17.2 Å². The Balaban J connectivity index is 2.00. The van der Waals surface area contributed by atoms with Crippen molar-refractivity contribution in [3.8, 4) is 11.1 Å². The first-order valence-corrected chi connectivity index (χ1v) is 11.8. The highest BCUT2D eigenvalue weighted by atomic mass is 32.1.